The molecule has 1 aromatic rings. The van der Waals surface area contributed by atoms with Crippen molar-refractivity contribution in [3.8, 4) is 5.75 Å². The van der Waals surface area contributed by atoms with Crippen LogP contribution >= 0.6 is 0 Å². The van der Waals surface area contributed by atoms with Crippen molar-refractivity contribution in [3.05, 3.63) is 24.3 Å². The summed E-state index contributed by atoms with van der Waals surface area (Å²) in [6, 6.07) is 7.02. The van der Waals surface area contributed by atoms with E-state index in [4.69, 9.17) is 14.6 Å². The molecule has 7 nitrogen and oxygen atoms in total. The zero-order chi connectivity index (χ0) is 18.4. The van der Waals surface area contributed by atoms with E-state index in [-0.39, 0.29) is 12.6 Å². The maximum atomic E-state index is 12.3. The zero-order valence-corrected chi connectivity index (χ0v) is 14.9. The minimum atomic E-state index is -0.839. The number of carboxylic acids is 1. The van der Waals surface area contributed by atoms with E-state index >= 15 is 0 Å². The molecule has 2 amide bonds. The third kappa shape index (κ3) is 5.11. The van der Waals surface area contributed by atoms with Crippen molar-refractivity contribution < 1.29 is 24.2 Å². The summed E-state index contributed by atoms with van der Waals surface area (Å²) in [6.07, 6.45) is 3.39. The summed E-state index contributed by atoms with van der Waals surface area (Å²) in [5, 5.41) is 11.9. The molecule has 3 rings (SSSR count). The van der Waals surface area contributed by atoms with Gasteiger partial charge in [-0.3, -0.25) is 4.79 Å². The lowest BCUT2D eigenvalue weighted by molar-refractivity contribution is -0.143. The molecule has 26 heavy (non-hydrogen) atoms. The molecular formula is C19H26N2O5. The molecule has 2 N–H and O–H groups in total. The van der Waals surface area contributed by atoms with Gasteiger partial charge in [0.05, 0.1) is 12.5 Å². The largest absolute Gasteiger partial charge is 0.493 e. The lowest BCUT2D eigenvalue weighted by Crippen LogP contribution is -2.44. The number of aliphatic carboxylic acids is 1. The second-order valence-corrected chi connectivity index (χ2v) is 6.94. The van der Waals surface area contributed by atoms with Crippen LogP contribution < -0.4 is 10.1 Å². The Bertz CT molecular complexity index is 613. The van der Waals surface area contributed by atoms with Gasteiger partial charge in [-0.05, 0) is 55.9 Å². The number of hydrogen-bond acceptors (Lipinski definition) is 4. The van der Waals surface area contributed by atoms with E-state index < -0.39 is 11.9 Å². The minimum Gasteiger partial charge on any atom is -0.493 e. The van der Waals surface area contributed by atoms with Crippen molar-refractivity contribution in [2.75, 3.05) is 38.2 Å². The molecule has 1 atom stereocenters. The molecule has 2 heterocycles. The predicted octanol–water partition coefficient (Wildman–Crippen LogP) is 2.82. The molecule has 0 aromatic heterocycles. The molecule has 7 heteroatoms. The van der Waals surface area contributed by atoms with Gasteiger partial charge >= 0.3 is 12.0 Å². The number of piperidine rings is 1. The first kappa shape index (κ1) is 18.5. The van der Waals surface area contributed by atoms with Gasteiger partial charge in [0.2, 0.25) is 0 Å². The Morgan fingerprint density at radius 3 is 2.62 bits per heavy atom. The van der Waals surface area contributed by atoms with Gasteiger partial charge in [-0.15, -0.1) is 0 Å². The van der Waals surface area contributed by atoms with E-state index in [0.717, 1.165) is 31.8 Å². The van der Waals surface area contributed by atoms with Crippen LogP contribution in [0.2, 0.25) is 0 Å². The monoisotopic (exact) mass is 362 g/mol. The van der Waals surface area contributed by atoms with Crippen LogP contribution in [0.1, 0.15) is 25.7 Å². The molecule has 142 valence electrons. The topological polar surface area (TPSA) is 88.1 Å². The number of rotatable bonds is 5. The smallest absolute Gasteiger partial charge is 0.321 e. The maximum absolute atomic E-state index is 12.3. The van der Waals surface area contributed by atoms with Gasteiger partial charge in [0, 0.05) is 32.0 Å². The SMILES string of the molecule is O=C(O)C1CCCN(C(=O)Nc2ccc(OCC3CCOCC3)cc2)C1. The Morgan fingerprint density at radius 2 is 1.92 bits per heavy atom. The van der Waals surface area contributed by atoms with Gasteiger partial charge in [-0.1, -0.05) is 0 Å². The Kier molecular flexibility index (Phi) is 6.33. The van der Waals surface area contributed by atoms with Gasteiger partial charge < -0.3 is 24.8 Å². The van der Waals surface area contributed by atoms with Crippen LogP contribution in [0.5, 0.6) is 5.75 Å². The number of amides is 2. The number of carbonyl (C=O) groups is 2. The van der Waals surface area contributed by atoms with Crippen LogP contribution in [-0.2, 0) is 9.53 Å². The summed E-state index contributed by atoms with van der Waals surface area (Å²) >= 11 is 0. The fourth-order valence-electron chi connectivity index (χ4n) is 3.33. The Balaban J connectivity index is 1.47. The predicted molar refractivity (Wildman–Crippen MR) is 96.4 cm³/mol. The highest BCUT2D eigenvalue weighted by Crippen LogP contribution is 2.21. The summed E-state index contributed by atoms with van der Waals surface area (Å²) in [5.41, 5.74) is 0.672. The van der Waals surface area contributed by atoms with Crippen LogP contribution in [0.15, 0.2) is 24.3 Å². The number of urea groups is 1. The van der Waals surface area contributed by atoms with Gasteiger partial charge in [0.25, 0.3) is 0 Å². The fraction of sp³-hybridized carbons (Fsp3) is 0.579. The number of likely N-dealkylation sites (tertiary alicyclic amines) is 1. The molecule has 2 aliphatic heterocycles. The lowest BCUT2D eigenvalue weighted by Gasteiger charge is -2.30. The first-order valence-corrected chi connectivity index (χ1v) is 9.21. The van der Waals surface area contributed by atoms with Crippen LogP contribution in [0, 0.1) is 11.8 Å². The molecule has 2 fully saturated rings. The van der Waals surface area contributed by atoms with Gasteiger partial charge in [-0.2, -0.15) is 0 Å². The summed E-state index contributed by atoms with van der Waals surface area (Å²) in [7, 11) is 0. The average molecular weight is 362 g/mol. The van der Waals surface area contributed by atoms with Crippen molar-refractivity contribution in [3.63, 3.8) is 0 Å². The van der Waals surface area contributed by atoms with Crippen LogP contribution in [0.4, 0.5) is 10.5 Å². The molecule has 0 bridgehead atoms. The van der Waals surface area contributed by atoms with Gasteiger partial charge in [-0.25, -0.2) is 4.79 Å². The zero-order valence-electron chi connectivity index (χ0n) is 14.9. The van der Waals surface area contributed by atoms with Crippen molar-refractivity contribution in [2.45, 2.75) is 25.7 Å². The number of hydrogen-bond donors (Lipinski definition) is 2. The molecule has 1 unspecified atom stereocenters. The third-order valence-corrected chi connectivity index (χ3v) is 4.99. The van der Waals surface area contributed by atoms with E-state index in [1.54, 1.807) is 17.0 Å². The molecule has 2 saturated heterocycles. The quantitative estimate of drug-likeness (QED) is 0.841. The summed E-state index contributed by atoms with van der Waals surface area (Å²) in [6.45, 7) is 3.13. The number of benzene rings is 1. The molecule has 0 saturated carbocycles. The Labute approximate surface area is 153 Å². The van der Waals surface area contributed by atoms with E-state index in [0.29, 0.717) is 37.6 Å². The Hall–Kier alpha value is -2.28. The van der Waals surface area contributed by atoms with E-state index in [2.05, 4.69) is 5.32 Å². The Morgan fingerprint density at radius 1 is 1.19 bits per heavy atom. The lowest BCUT2D eigenvalue weighted by atomic mass is 9.99. The number of ether oxygens (including phenoxy) is 2. The maximum Gasteiger partial charge on any atom is 0.321 e. The number of carbonyl (C=O) groups excluding carboxylic acids is 1. The van der Waals surface area contributed by atoms with Gasteiger partial charge in [0.15, 0.2) is 0 Å². The van der Waals surface area contributed by atoms with Crippen LogP contribution in [-0.4, -0.2) is 54.9 Å². The standard InChI is InChI=1S/C19H26N2O5/c22-18(23)15-2-1-9-21(12-15)19(24)20-16-3-5-17(6-4-16)26-13-14-7-10-25-11-8-14/h3-6,14-15H,1-2,7-13H2,(H,20,24)(H,22,23). The van der Waals surface area contributed by atoms with Crippen molar-refractivity contribution in [1.82, 2.24) is 4.90 Å². The van der Waals surface area contributed by atoms with E-state index in [9.17, 15) is 9.59 Å². The third-order valence-electron chi connectivity index (χ3n) is 4.99. The van der Waals surface area contributed by atoms with E-state index in [1.165, 1.54) is 0 Å². The highest BCUT2D eigenvalue weighted by Gasteiger charge is 2.28. The molecule has 0 spiro atoms. The van der Waals surface area contributed by atoms with Crippen LogP contribution in [0.3, 0.4) is 0 Å². The van der Waals surface area contributed by atoms with Crippen molar-refractivity contribution in [2.24, 2.45) is 11.8 Å². The molecule has 2 aliphatic rings. The van der Waals surface area contributed by atoms with Crippen molar-refractivity contribution >= 4 is 17.7 Å². The number of nitrogens with zero attached hydrogens (tertiary/aromatic N) is 1. The first-order chi connectivity index (χ1) is 12.6. The fourth-order valence-corrected chi connectivity index (χ4v) is 3.33. The summed E-state index contributed by atoms with van der Waals surface area (Å²) < 4.78 is 11.2. The van der Waals surface area contributed by atoms with Crippen LogP contribution in [0.25, 0.3) is 0 Å². The number of anilines is 1. The highest BCUT2D eigenvalue weighted by molar-refractivity contribution is 5.89. The summed E-state index contributed by atoms with van der Waals surface area (Å²) in [5.74, 6) is -0.00758. The highest BCUT2D eigenvalue weighted by atomic mass is 16.5. The summed E-state index contributed by atoms with van der Waals surface area (Å²) in [4.78, 5) is 25.0. The van der Waals surface area contributed by atoms with E-state index in [1.807, 2.05) is 12.1 Å². The minimum absolute atomic E-state index is 0.257. The molecule has 0 radical (unpaired) electrons. The molecule has 1 aromatic carbocycles. The first-order valence-electron chi connectivity index (χ1n) is 9.21. The normalized spacial score (nSPS) is 21.2. The number of nitrogens with one attached hydrogen (secondary N) is 1. The second kappa shape index (κ2) is 8.89. The van der Waals surface area contributed by atoms with Crippen molar-refractivity contribution in [1.29, 1.82) is 0 Å². The van der Waals surface area contributed by atoms with Gasteiger partial charge in [0.1, 0.15) is 5.75 Å². The molecule has 0 aliphatic carbocycles. The number of carboxylic acid groups (broad SMARTS) is 1. The second-order valence-electron chi connectivity index (χ2n) is 6.94. The average Bonchev–Trinajstić information content (AvgIpc) is 2.68. The molecular weight excluding hydrogens is 336 g/mol.